The molecule has 1 aliphatic heterocycles. The van der Waals surface area contributed by atoms with Crippen molar-refractivity contribution >= 4 is 34.0 Å². The highest BCUT2D eigenvalue weighted by Crippen LogP contribution is 2.27. The van der Waals surface area contributed by atoms with Gasteiger partial charge in [-0.15, -0.1) is 0 Å². The molecule has 15 heavy (non-hydrogen) atoms. The minimum atomic E-state index is -0.750. The largest absolute Gasteiger partial charge is 0.308 e. The van der Waals surface area contributed by atoms with Gasteiger partial charge in [0.1, 0.15) is 0 Å². The summed E-state index contributed by atoms with van der Waals surface area (Å²) in [6.45, 7) is 0.764. The van der Waals surface area contributed by atoms with Crippen molar-refractivity contribution in [2.24, 2.45) is 0 Å². The Labute approximate surface area is 101 Å². The second kappa shape index (κ2) is 4.83. The van der Waals surface area contributed by atoms with Crippen molar-refractivity contribution in [3.05, 3.63) is 33.8 Å². The fourth-order valence-corrected chi connectivity index (χ4v) is 3.27. The van der Waals surface area contributed by atoms with E-state index in [9.17, 15) is 4.21 Å². The van der Waals surface area contributed by atoms with Gasteiger partial charge in [-0.25, -0.2) is 0 Å². The van der Waals surface area contributed by atoms with Crippen LogP contribution in [0.25, 0.3) is 0 Å². The van der Waals surface area contributed by atoms with E-state index in [0.29, 0.717) is 21.6 Å². The first kappa shape index (κ1) is 11.4. The summed E-state index contributed by atoms with van der Waals surface area (Å²) in [4.78, 5) is 0. The van der Waals surface area contributed by atoms with Crippen molar-refractivity contribution in [1.29, 1.82) is 0 Å². The molecule has 0 aromatic heterocycles. The molecule has 1 aromatic rings. The first-order chi connectivity index (χ1) is 7.16. The van der Waals surface area contributed by atoms with E-state index in [2.05, 4.69) is 5.32 Å². The van der Waals surface area contributed by atoms with E-state index in [1.165, 1.54) is 0 Å². The zero-order valence-electron chi connectivity index (χ0n) is 8.00. The first-order valence-corrected chi connectivity index (χ1v) is 6.94. The van der Waals surface area contributed by atoms with Gasteiger partial charge in [-0.05, 0) is 23.8 Å². The summed E-state index contributed by atoms with van der Waals surface area (Å²) in [5.74, 6) is 1.33. The number of halogens is 2. The molecule has 0 amide bonds. The van der Waals surface area contributed by atoms with Gasteiger partial charge in [-0.1, -0.05) is 23.2 Å². The molecule has 1 aliphatic rings. The third-order valence-electron chi connectivity index (χ3n) is 2.41. The Kier molecular flexibility index (Phi) is 3.67. The maximum absolute atomic E-state index is 11.4. The van der Waals surface area contributed by atoms with Gasteiger partial charge in [0.25, 0.3) is 0 Å². The molecule has 5 heteroatoms. The summed E-state index contributed by atoms with van der Waals surface area (Å²) in [7, 11) is -0.750. The van der Waals surface area contributed by atoms with E-state index in [0.717, 1.165) is 12.1 Å². The molecule has 1 fully saturated rings. The highest BCUT2D eigenvalue weighted by atomic mass is 35.5. The molecule has 2 atom stereocenters. The zero-order chi connectivity index (χ0) is 10.8. The van der Waals surface area contributed by atoms with Gasteiger partial charge in [0.05, 0.1) is 0 Å². The lowest BCUT2D eigenvalue weighted by atomic mass is 10.1. The maximum Gasteiger partial charge on any atom is 0.0455 e. The minimum Gasteiger partial charge on any atom is -0.308 e. The summed E-state index contributed by atoms with van der Waals surface area (Å²) in [5.41, 5.74) is 0.942. The fourth-order valence-electron chi connectivity index (χ4n) is 1.66. The van der Waals surface area contributed by atoms with Crippen molar-refractivity contribution in [1.82, 2.24) is 5.32 Å². The molecule has 2 nitrogen and oxygen atoms in total. The smallest absolute Gasteiger partial charge is 0.0455 e. The topological polar surface area (TPSA) is 29.1 Å². The van der Waals surface area contributed by atoms with E-state index in [1.807, 2.05) is 6.07 Å². The molecule has 2 rings (SSSR count). The van der Waals surface area contributed by atoms with Gasteiger partial charge in [0.2, 0.25) is 0 Å². The summed E-state index contributed by atoms with van der Waals surface area (Å²) in [6.07, 6.45) is 0. The summed E-state index contributed by atoms with van der Waals surface area (Å²) >= 11 is 12.0. The Bertz CT molecular complexity index is 397. The molecule has 0 radical (unpaired) electrons. The summed E-state index contributed by atoms with van der Waals surface area (Å²) in [6, 6.07) is 5.43. The van der Waals surface area contributed by atoms with E-state index < -0.39 is 10.8 Å². The second-order valence-corrected chi connectivity index (χ2v) is 5.95. The van der Waals surface area contributed by atoms with E-state index in [-0.39, 0.29) is 6.04 Å². The summed E-state index contributed by atoms with van der Waals surface area (Å²) < 4.78 is 11.4. The SMILES string of the molecule is O=S1CCNC(c2cc(Cl)ccc2Cl)C1. The van der Waals surface area contributed by atoms with Gasteiger partial charge in [0.15, 0.2) is 0 Å². The average Bonchev–Trinajstić information content (AvgIpc) is 2.22. The molecule has 1 aromatic carbocycles. The van der Waals surface area contributed by atoms with Gasteiger partial charge >= 0.3 is 0 Å². The molecule has 1 heterocycles. The molecular weight excluding hydrogens is 253 g/mol. The number of rotatable bonds is 1. The van der Waals surface area contributed by atoms with Gasteiger partial charge in [0, 0.05) is 44.9 Å². The van der Waals surface area contributed by atoms with Crippen LogP contribution in [0.15, 0.2) is 18.2 Å². The van der Waals surface area contributed by atoms with Gasteiger partial charge < -0.3 is 5.32 Å². The molecule has 1 N–H and O–H groups in total. The normalized spacial score (nSPS) is 26.5. The molecular formula is C10H11Cl2NOS. The third-order valence-corrected chi connectivity index (χ3v) is 4.35. The molecule has 2 unspecified atom stereocenters. The van der Waals surface area contributed by atoms with Crippen LogP contribution in [0.1, 0.15) is 11.6 Å². The lowest BCUT2D eigenvalue weighted by molar-refractivity contribution is 0.572. The molecule has 0 bridgehead atoms. The van der Waals surface area contributed by atoms with Crippen molar-refractivity contribution in [2.75, 3.05) is 18.1 Å². The Morgan fingerprint density at radius 2 is 2.20 bits per heavy atom. The molecule has 0 saturated carbocycles. The van der Waals surface area contributed by atoms with E-state index in [1.54, 1.807) is 12.1 Å². The monoisotopic (exact) mass is 263 g/mol. The van der Waals surface area contributed by atoms with Crippen LogP contribution in [0, 0.1) is 0 Å². The Hall–Kier alpha value is -0.0900. The Morgan fingerprint density at radius 3 is 2.93 bits per heavy atom. The second-order valence-electron chi connectivity index (χ2n) is 3.48. The van der Waals surface area contributed by atoms with Crippen LogP contribution in [0.5, 0.6) is 0 Å². The average molecular weight is 264 g/mol. The number of nitrogens with one attached hydrogen (secondary N) is 1. The van der Waals surface area contributed by atoms with Crippen LogP contribution in [-0.4, -0.2) is 22.3 Å². The van der Waals surface area contributed by atoms with Crippen LogP contribution in [0.3, 0.4) is 0 Å². The predicted molar refractivity (Wildman–Crippen MR) is 65.1 cm³/mol. The quantitative estimate of drug-likeness (QED) is 0.843. The zero-order valence-corrected chi connectivity index (χ0v) is 10.3. The Balaban J connectivity index is 2.27. The van der Waals surface area contributed by atoms with Crippen molar-refractivity contribution < 1.29 is 4.21 Å². The minimum absolute atomic E-state index is 0.0609. The third kappa shape index (κ3) is 2.72. The van der Waals surface area contributed by atoms with Crippen molar-refractivity contribution in [3.63, 3.8) is 0 Å². The Morgan fingerprint density at radius 1 is 1.40 bits per heavy atom. The predicted octanol–water partition coefficient (Wildman–Crippen LogP) is 2.39. The van der Waals surface area contributed by atoms with Crippen LogP contribution < -0.4 is 5.32 Å². The van der Waals surface area contributed by atoms with Crippen molar-refractivity contribution in [2.45, 2.75) is 6.04 Å². The number of hydrogen-bond acceptors (Lipinski definition) is 2. The van der Waals surface area contributed by atoms with Crippen LogP contribution in [0.4, 0.5) is 0 Å². The van der Waals surface area contributed by atoms with Gasteiger partial charge in [-0.2, -0.15) is 0 Å². The maximum atomic E-state index is 11.4. The highest BCUT2D eigenvalue weighted by molar-refractivity contribution is 7.85. The van der Waals surface area contributed by atoms with Crippen LogP contribution in [0.2, 0.25) is 10.0 Å². The molecule has 0 aliphatic carbocycles. The van der Waals surface area contributed by atoms with Gasteiger partial charge in [-0.3, -0.25) is 4.21 Å². The number of hydrogen-bond donors (Lipinski definition) is 1. The first-order valence-electron chi connectivity index (χ1n) is 4.70. The molecule has 82 valence electrons. The lowest BCUT2D eigenvalue weighted by Crippen LogP contribution is -2.36. The standard InChI is InChI=1S/C10H11Cl2NOS/c11-7-1-2-9(12)8(5-7)10-6-15(14)4-3-13-10/h1-2,5,10,13H,3-4,6H2. The van der Waals surface area contributed by atoms with Crippen molar-refractivity contribution in [3.8, 4) is 0 Å². The molecule has 1 saturated heterocycles. The van der Waals surface area contributed by atoms with E-state index in [4.69, 9.17) is 23.2 Å². The lowest BCUT2D eigenvalue weighted by Gasteiger charge is -2.24. The molecule has 0 spiro atoms. The number of benzene rings is 1. The van der Waals surface area contributed by atoms with Crippen LogP contribution in [-0.2, 0) is 10.8 Å². The van der Waals surface area contributed by atoms with Crippen LogP contribution >= 0.6 is 23.2 Å². The highest BCUT2D eigenvalue weighted by Gasteiger charge is 2.21. The van der Waals surface area contributed by atoms with E-state index >= 15 is 0 Å². The summed E-state index contributed by atoms with van der Waals surface area (Å²) in [5, 5.41) is 4.63. The fraction of sp³-hybridized carbons (Fsp3) is 0.400.